The summed E-state index contributed by atoms with van der Waals surface area (Å²) in [6, 6.07) is 8.09. The zero-order valence-electron chi connectivity index (χ0n) is 11.5. The molecule has 1 aliphatic rings. The van der Waals surface area contributed by atoms with E-state index in [9.17, 15) is 0 Å². The van der Waals surface area contributed by atoms with E-state index in [1.165, 1.54) is 0 Å². The highest BCUT2D eigenvalue weighted by atomic mass is 79.9. The Morgan fingerprint density at radius 1 is 1.10 bits per heavy atom. The Labute approximate surface area is 131 Å². The van der Waals surface area contributed by atoms with Gasteiger partial charge in [-0.1, -0.05) is 28.1 Å². The predicted octanol–water partition coefficient (Wildman–Crippen LogP) is 1.64. The summed E-state index contributed by atoms with van der Waals surface area (Å²) in [7, 11) is 0. The maximum atomic E-state index is 5.82. The van der Waals surface area contributed by atoms with E-state index >= 15 is 0 Å². The van der Waals surface area contributed by atoms with Gasteiger partial charge in [0.1, 0.15) is 5.82 Å². The highest BCUT2D eigenvalue weighted by molar-refractivity contribution is 9.10. The van der Waals surface area contributed by atoms with Crippen molar-refractivity contribution in [1.29, 1.82) is 0 Å². The molecule has 0 spiro atoms. The molecule has 2 heterocycles. The molecule has 0 unspecified atom stereocenters. The number of anilines is 2. The lowest BCUT2D eigenvalue weighted by molar-refractivity contribution is 0.122. The second kappa shape index (κ2) is 6.36. The van der Waals surface area contributed by atoms with E-state index in [1.807, 2.05) is 24.3 Å². The molecule has 2 N–H and O–H groups in total. The summed E-state index contributed by atoms with van der Waals surface area (Å²) in [5.74, 6) is 1.59. The Bertz CT molecular complexity index is 613. The zero-order valence-corrected chi connectivity index (χ0v) is 13.1. The van der Waals surface area contributed by atoms with Crippen molar-refractivity contribution in [1.82, 2.24) is 15.0 Å². The second-order valence-electron chi connectivity index (χ2n) is 4.81. The normalized spacial score (nSPS) is 15.2. The summed E-state index contributed by atoms with van der Waals surface area (Å²) in [5.41, 5.74) is 6.95. The van der Waals surface area contributed by atoms with Crippen LogP contribution in [-0.2, 0) is 11.2 Å². The van der Waals surface area contributed by atoms with E-state index in [0.29, 0.717) is 31.4 Å². The molecule has 1 aliphatic heterocycles. The van der Waals surface area contributed by atoms with Crippen molar-refractivity contribution in [3.63, 3.8) is 0 Å². The fourth-order valence-corrected chi connectivity index (χ4v) is 2.46. The Morgan fingerprint density at radius 2 is 1.81 bits per heavy atom. The molecule has 3 rings (SSSR count). The molecule has 7 heteroatoms. The predicted molar refractivity (Wildman–Crippen MR) is 84.2 cm³/mol. The summed E-state index contributed by atoms with van der Waals surface area (Å²) in [6.45, 7) is 2.93. The third-order valence-electron chi connectivity index (χ3n) is 3.26. The van der Waals surface area contributed by atoms with E-state index < -0.39 is 0 Å². The molecular weight excluding hydrogens is 334 g/mol. The van der Waals surface area contributed by atoms with Gasteiger partial charge >= 0.3 is 0 Å². The van der Waals surface area contributed by atoms with E-state index in [1.54, 1.807) is 0 Å². The Balaban J connectivity index is 1.81. The average molecular weight is 350 g/mol. The van der Waals surface area contributed by atoms with Gasteiger partial charge in [0.05, 0.1) is 13.2 Å². The first-order valence-electron chi connectivity index (χ1n) is 6.78. The zero-order chi connectivity index (χ0) is 14.7. The molecule has 1 fully saturated rings. The molecule has 0 bridgehead atoms. The first-order chi connectivity index (χ1) is 10.2. The molecule has 21 heavy (non-hydrogen) atoms. The average Bonchev–Trinajstić information content (AvgIpc) is 2.50. The van der Waals surface area contributed by atoms with Crippen LogP contribution in [0.2, 0.25) is 0 Å². The van der Waals surface area contributed by atoms with Crippen LogP contribution in [0.25, 0.3) is 0 Å². The standard InChI is InChI=1S/C14H16BrN5O/c15-11-3-1-10(2-4-11)9-12-17-13(16)19-14(18-12)20-5-7-21-8-6-20/h1-4H,5-9H2,(H2,16,17,18,19). The van der Waals surface area contributed by atoms with Crippen molar-refractivity contribution in [2.45, 2.75) is 6.42 Å². The van der Waals surface area contributed by atoms with Crippen LogP contribution in [0.5, 0.6) is 0 Å². The van der Waals surface area contributed by atoms with Crippen molar-refractivity contribution in [3.8, 4) is 0 Å². The van der Waals surface area contributed by atoms with Gasteiger partial charge in [0.15, 0.2) is 0 Å². The van der Waals surface area contributed by atoms with Crippen molar-refractivity contribution in [2.24, 2.45) is 0 Å². The lowest BCUT2D eigenvalue weighted by Crippen LogP contribution is -2.37. The summed E-state index contributed by atoms with van der Waals surface area (Å²) in [6.07, 6.45) is 0.636. The van der Waals surface area contributed by atoms with Crippen LogP contribution >= 0.6 is 15.9 Å². The minimum atomic E-state index is 0.263. The number of benzene rings is 1. The van der Waals surface area contributed by atoms with Crippen LogP contribution in [0.15, 0.2) is 28.7 Å². The molecule has 1 saturated heterocycles. The van der Waals surface area contributed by atoms with Gasteiger partial charge in [-0.25, -0.2) is 0 Å². The van der Waals surface area contributed by atoms with Gasteiger partial charge in [0.2, 0.25) is 11.9 Å². The molecule has 110 valence electrons. The first-order valence-corrected chi connectivity index (χ1v) is 7.57. The largest absolute Gasteiger partial charge is 0.378 e. The van der Waals surface area contributed by atoms with Crippen molar-refractivity contribution in [3.05, 3.63) is 40.1 Å². The molecule has 0 radical (unpaired) electrons. The summed E-state index contributed by atoms with van der Waals surface area (Å²) in [5, 5.41) is 0. The van der Waals surface area contributed by atoms with Crippen LogP contribution in [0.3, 0.4) is 0 Å². The minimum absolute atomic E-state index is 0.263. The molecule has 0 saturated carbocycles. The summed E-state index contributed by atoms with van der Waals surface area (Å²) >= 11 is 3.43. The Kier molecular flexibility index (Phi) is 4.31. The van der Waals surface area contributed by atoms with E-state index in [0.717, 1.165) is 23.1 Å². The molecule has 0 amide bonds. The monoisotopic (exact) mass is 349 g/mol. The van der Waals surface area contributed by atoms with E-state index in [-0.39, 0.29) is 5.95 Å². The SMILES string of the molecule is Nc1nc(Cc2ccc(Br)cc2)nc(N2CCOCC2)n1. The number of nitrogens with zero attached hydrogens (tertiary/aromatic N) is 4. The second-order valence-corrected chi connectivity index (χ2v) is 5.73. The lowest BCUT2D eigenvalue weighted by atomic mass is 10.1. The third kappa shape index (κ3) is 3.68. The number of hydrogen-bond donors (Lipinski definition) is 1. The topological polar surface area (TPSA) is 77.2 Å². The maximum Gasteiger partial charge on any atom is 0.230 e. The van der Waals surface area contributed by atoms with Crippen LogP contribution < -0.4 is 10.6 Å². The smallest absolute Gasteiger partial charge is 0.230 e. The number of morpholine rings is 1. The van der Waals surface area contributed by atoms with Gasteiger partial charge in [-0.05, 0) is 17.7 Å². The molecule has 1 aromatic carbocycles. The molecule has 2 aromatic rings. The van der Waals surface area contributed by atoms with Gasteiger partial charge < -0.3 is 15.4 Å². The number of nitrogens with two attached hydrogens (primary N) is 1. The molecule has 6 nitrogen and oxygen atoms in total. The number of nitrogen functional groups attached to an aromatic ring is 1. The first kappa shape index (κ1) is 14.2. The summed E-state index contributed by atoms with van der Waals surface area (Å²) < 4.78 is 6.39. The van der Waals surface area contributed by atoms with Crippen LogP contribution in [-0.4, -0.2) is 41.3 Å². The van der Waals surface area contributed by atoms with Gasteiger partial charge in [-0.2, -0.15) is 15.0 Å². The third-order valence-corrected chi connectivity index (χ3v) is 3.79. The highest BCUT2D eigenvalue weighted by Crippen LogP contribution is 2.15. The quantitative estimate of drug-likeness (QED) is 0.907. The van der Waals surface area contributed by atoms with Crippen molar-refractivity contribution < 1.29 is 4.74 Å². The number of aromatic nitrogens is 3. The molecule has 1 aromatic heterocycles. The van der Waals surface area contributed by atoms with E-state index in [2.05, 4.69) is 35.8 Å². The van der Waals surface area contributed by atoms with Crippen molar-refractivity contribution >= 4 is 27.8 Å². The number of rotatable bonds is 3. The van der Waals surface area contributed by atoms with Gasteiger partial charge in [-0.3, -0.25) is 0 Å². The molecule has 0 atom stereocenters. The highest BCUT2D eigenvalue weighted by Gasteiger charge is 2.15. The van der Waals surface area contributed by atoms with E-state index in [4.69, 9.17) is 10.5 Å². The van der Waals surface area contributed by atoms with Crippen molar-refractivity contribution in [2.75, 3.05) is 36.9 Å². The lowest BCUT2D eigenvalue weighted by Gasteiger charge is -2.26. The number of ether oxygens (including phenoxy) is 1. The Morgan fingerprint density at radius 3 is 2.52 bits per heavy atom. The summed E-state index contributed by atoms with van der Waals surface area (Å²) in [4.78, 5) is 15.1. The van der Waals surface area contributed by atoms with Crippen LogP contribution in [0.1, 0.15) is 11.4 Å². The number of hydrogen-bond acceptors (Lipinski definition) is 6. The van der Waals surface area contributed by atoms with Gasteiger partial charge in [0.25, 0.3) is 0 Å². The molecular formula is C14H16BrN5O. The fourth-order valence-electron chi connectivity index (χ4n) is 2.19. The number of halogens is 1. The van der Waals surface area contributed by atoms with Crippen LogP contribution in [0, 0.1) is 0 Å². The Hall–Kier alpha value is -1.73. The maximum absolute atomic E-state index is 5.82. The van der Waals surface area contributed by atoms with Gasteiger partial charge in [-0.15, -0.1) is 0 Å². The fraction of sp³-hybridized carbons (Fsp3) is 0.357. The van der Waals surface area contributed by atoms with Gasteiger partial charge in [0, 0.05) is 24.0 Å². The molecule has 0 aliphatic carbocycles. The minimum Gasteiger partial charge on any atom is -0.378 e. The van der Waals surface area contributed by atoms with Crippen LogP contribution in [0.4, 0.5) is 11.9 Å².